The van der Waals surface area contributed by atoms with E-state index in [1.54, 1.807) is 0 Å². The molecule has 14 heavy (non-hydrogen) atoms. The van der Waals surface area contributed by atoms with E-state index < -0.39 is 0 Å². The number of hydrogen-bond donors (Lipinski definition) is 2. The van der Waals surface area contributed by atoms with E-state index in [-0.39, 0.29) is 6.04 Å². The summed E-state index contributed by atoms with van der Waals surface area (Å²) in [6, 6.07) is 6.14. The van der Waals surface area contributed by atoms with Gasteiger partial charge >= 0.3 is 0 Å². The van der Waals surface area contributed by atoms with Gasteiger partial charge in [0.1, 0.15) is 0 Å². The van der Waals surface area contributed by atoms with Gasteiger partial charge in [0.15, 0.2) is 0 Å². The fourth-order valence-corrected chi connectivity index (χ4v) is 1.61. The number of halogens is 1. The van der Waals surface area contributed by atoms with Crippen LogP contribution in [0.3, 0.4) is 0 Å². The summed E-state index contributed by atoms with van der Waals surface area (Å²) >= 11 is 3.47. The molecule has 0 bridgehead atoms. The second-order valence-electron chi connectivity index (χ2n) is 3.14. The van der Waals surface area contributed by atoms with Crippen molar-refractivity contribution in [3.63, 3.8) is 0 Å². The van der Waals surface area contributed by atoms with Gasteiger partial charge in [-0.15, -0.1) is 12.3 Å². The topological polar surface area (TPSA) is 38.0 Å². The third-order valence-corrected chi connectivity index (χ3v) is 2.98. The number of benzene rings is 1. The Bertz CT molecular complexity index is 355. The van der Waals surface area contributed by atoms with Gasteiger partial charge in [0.2, 0.25) is 0 Å². The molecule has 1 aromatic carbocycles. The van der Waals surface area contributed by atoms with Crippen LogP contribution >= 0.6 is 15.9 Å². The highest BCUT2D eigenvalue weighted by Gasteiger charge is 2.08. The van der Waals surface area contributed by atoms with Crippen molar-refractivity contribution >= 4 is 15.9 Å². The normalized spacial score (nSPS) is 12.1. The maximum absolute atomic E-state index is 5.42. The molecule has 0 aliphatic rings. The minimum Gasteiger partial charge on any atom is -0.271 e. The lowest BCUT2D eigenvalue weighted by Gasteiger charge is -2.14. The first-order valence-corrected chi connectivity index (χ1v) is 5.14. The number of hydrogen-bond acceptors (Lipinski definition) is 2. The predicted molar refractivity (Wildman–Crippen MR) is 62.4 cm³/mol. The lowest BCUT2D eigenvalue weighted by Crippen LogP contribution is -2.27. The molecule has 0 radical (unpaired) electrons. The molecule has 0 aliphatic heterocycles. The molecule has 0 fully saturated rings. The van der Waals surface area contributed by atoms with E-state index in [1.165, 1.54) is 5.56 Å². The van der Waals surface area contributed by atoms with Gasteiger partial charge in [-0.2, -0.15) is 0 Å². The van der Waals surface area contributed by atoms with E-state index in [9.17, 15) is 0 Å². The average Bonchev–Trinajstić information content (AvgIpc) is 2.19. The van der Waals surface area contributed by atoms with Crippen LogP contribution < -0.4 is 11.3 Å². The van der Waals surface area contributed by atoms with Gasteiger partial charge in [-0.25, -0.2) is 0 Å². The molecule has 0 heterocycles. The summed E-state index contributed by atoms with van der Waals surface area (Å²) in [6.07, 6.45) is 5.84. The largest absolute Gasteiger partial charge is 0.271 e. The minimum atomic E-state index is 0.0249. The summed E-state index contributed by atoms with van der Waals surface area (Å²) in [5.41, 5.74) is 5.00. The second-order valence-corrected chi connectivity index (χ2v) is 3.99. The molecule has 2 nitrogen and oxygen atoms in total. The molecule has 0 saturated carbocycles. The van der Waals surface area contributed by atoms with E-state index in [2.05, 4.69) is 27.3 Å². The summed E-state index contributed by atoms with van der Waals surface area (Å²) in [4.78, 5) is 0. The zero-order chi connectivity index (χ0) is 10.6. The van der Waals surface area contributed by atoms with Crippen LogP contribution in [-0.2, 0) is 0 Å². The lowest BCUT2D eigenvalue weighted by atomic mass is 10.0. The Morgan fingerprint density at radius 1 is 1.64 bits per heavy atom. The van der Waals surface area contributed by atoms with Crippen molar-refractivity contribution in [1.82, 2.24) is 5.43 Å². The van der Waals surface area contributed by atoms with Crippen LogP contribution in [0, 0.1) is 19.3 Å². The monoisotopic (exact) mass is 252 g/mol. The van der Waals surface area contributed by atoms with Crippen LogP contribution in [-0.4, -0.2) is 0 Å². The molecule has 1 aromatic rings. The molecule has 74 valence electrons. The highest BCUT2D eigenvalue weighted by molar-refractivity contribution is 9.10. The van der Waals surface area contributed by atoms with Gasteiger partial charge in [0.25, 0.3) is 0 Å². The summed E-state index contributed by atoms with van der Waals surface area (Å²) in [5, 5.41) is 0. The SMILES string of the molecule is C#CCC(NN)c1ccc(C)c(Br)c1. The Kier molecular flexibility index (Phi) is 4.15. The fraction of sp³-hybridized carbons (Fsp3) is 0.273. The first-order chi connectivity index (χ1) is 6.69. The predicted octanol–water partition coefficient (Wildman–Crippen LogP) is 2.29. The van der Waals surface area contributed by atoms with Crippen molar-refractivity contribution in [1.29, 1.82) is 0 Å². The van der Waals surface area contributed by atoms with Gasteiger partial charge in [0, 0.05) is 10.9 Å². The standard InChI is InChI=1S/C11H13BrN2/c1-3-4-11(14-13)9-6-5-8(2)10(12)7-9/h1,5-7,11,14H,4,13H2,2H3. The first kappa shape index (κ1) is 11.3. The molecule has 1 rings (SSSR count). The van der Waals surface area contributed by atoms with Crippen LogP contribution in [0.4, 0.5) is 0 Å². The van der Waals surface area contributed by atoms with Crippen molar-refractivity contribution in [3.05, 3.63) is 33.8 Å². The third kappa shape index (κ3) is 2.58. The van der Waals surface area contributed by atoms with Crippen LogP contribution in [0.1, 0.15) is 23.6 Å². The van der Waals surface area contributed by atoms with Gasteiger partial charge in [-0.05, 0) is 24.1 Å². The molecule has 0 amide bonds. The summed E-state index contributed by atoms with van der Waals surface area (Å²) in [5.74, 6) is 8.01. The van der Waals surface area contributed by atoms with E-state index in [0.29, 0.717) is 6.42 Å². The van der Waals surface area contributed by atoms with Crippen molar-refractivity contribution < 1.29 is 0 Å². The Morgan fingerprint density at radius 3 is 2.86 bits per heavy atom. The van der Waals surface area contributed by atoms with Crippen LogP contribution in [0.2, 0.25) is 0 Å². The molecule has 3 heteroatoms. The molecule has 0 aliphatic carbocycles. The summed E-state index contributed by atoms with van der Waals surface area (Å²) in [6.45, 7) is 2.04. The van der Waals surface area contributed by atoms with Gasteiger partial charge in [-0.3, -0.25) is 11.3 Å². The van der Waals surface area contributed by atoms with Gasteiger partial charge in [0.05, 0.1) is 6.04 Å². The Labute approximate surface area is 93.0 Å². The van der Waals surface area contributed by atoms with Crippen LogP contribution in [0.25, 0.3) is 0 Å². The van der Waals surface area contributed by atoms with Crippen molar-refractivity contribution in [2.75, 3.05) is 0 Å². The van der Waals surface area contributed by atoms with E-state index >= 15 is 0 Å². The van der Waals surface area contributed by atoms with Gasteiger partial charge < -0.3 is 0 Å². The number of hydrazine groups is 1. The highest BCUT2D eigenvalue weighted by atomic mass is 79.9. The molecular formula is C11H13BrN2. The van der Waals surface area contributed by atoms with Crippen molar-refractivity contribution in [2.24, 2.45) is 5.84 Å². The highest BCUT2D eigenvalue weighted by Crippen LogP contribution is 2.22. The Balaban J connectivity index is 2.95. The number of terminal acetylenes is 1. The number of aryl methyl sites for hydroxylation is 1. The van der Waals surface area contributed by atoms with Gasteiger partial charge in [-0.1, -0.05) is 28.1 Å². The Hall–Kier alpha value is -0.820. The maximum atomic E-state index is 5.42. The maximum Gasteiger partial charge on any atom is 0.0569 e. The lowest BCUT2D eigenvalue weighted by molar-refractivity contribution is 0.568. The Morgan fingerprint density at radius 2 is 2.36 bits per heavy atom. The molecule has 0 spiro atoms. The van der Waals surface area contributed by atoms with Crippen molar-refractivity contribution in [2.45, 2.75) is 19.4 Å². The van der Waals surface area contributed by atoms with E-state index in [1.807, 2.05) is 25.1 Å². The molecule has 1 unspecified atom stereocenters. The molecule has 0 aromatic heterocycles. The quantitative estimate of drug-likeness (QED) is 0.492. The smallest absolute Gasteiger partial charge is 0.0569 e. The minimum absolute atomic E-state index is 0.0249. The third-order valence-electron chi connectivity index (χ3n) is 2.12. The zero-order valence-electron chi connectivity index (χ0n) is 8.05. The molecule has 0 saturated heterocycles. The molecule has 3 N–H and O–H groups in total. The zero-order valence-corrected chi connectivity index (χ0v) is 9.64. The van der Waals surface area contributed by atoms with E-state index in [4.69, 9.17) is 12.3 Å². The molecule has 1 atom stereocenters. The second kappa shape index (κ2) is 5.16. The molecular weight excluding hydrogens is 240 g/mol. The number of rotatable bonds is 3. The van der Waals surface area contributed by atoms with Crippen molar-refractivity contribution in [3.8, 4) is 12.3 Å². The first-order valence-electron chi connectivity index (χ1n) is 4.34. The fourth-order valence-electron chi connectivity index (χ4n) is 1.22. The van der Waals surface area contributed by atoms with Crippen LogP contribution in [0.5, 0.6) is 0 Å². The summed E-state index contributed by atoms with van der Waals surface area (Å²) in [7, 11) is 0. The number of nitrogens with one attached hydrogen (secondary N) is 1. The van der Waals surface area contributed by atoms with Crippen LogP contribution in [0.15, 0.2) is 22.7 Å². The summed E-state index contributed by atoms with van der Waals surface area (Å²) < 4.78 is 1.08. The van der Waals surface area contributed by atoms with E-state index in [0.717, 1.165) is 10.0 Å². The number of nitrogens with two attached hydrogens (primary N) is 1. The average molecular weight is 253 g/mol.